The number of carbonyl (C=O) groups is 3. The number of ketones is 2. The van der Waals surface area contributed by atoms with E-state index in [1.807, 2.05) is 45.0 Å². The van der Waals surface area contributed by atoms with E-state index in [2.05, 4.69) is 191 Å². The number of allylic oxidation sites excluding steroid dienone is 8. The van der Waals surface area contributed by atoms with Gasteiger partial charge in [-0.1, -0.05) is 209 Å². The molecule has 0 radical (unpaired) electrons. The largest absolute Gasteiger partial charge is 0.508 e. The third kappa shape index (κ3) is 23.5. The molecular weight excluding hydrogens is 1280 g/mol. The minimum atomic E-state index is -0.445. The molecule has 5 aromatic rings. The lowest BCUT2D eigenvalue weighted by Crippen LogP contribution is -2.56. The van der Waals surface area contributed by atoms with Crippen LogP contribution in [0.15, 0.2) is 127 Å². The average molecular weight is 1410 g/mol. The highest BCUT2D eigenvalue weighted by Gasteiger charge is 2.59. The number of Topliss-reactive ketones (excluding diaryl/α,β-unsaturated/α-hetero) is 2. The topological polar surface area (TPSA) is 180 Å². The molecule has 1 aliphatic heterocycles. The zero-order valence-corrected chi connectivity index (χ0v) is 67.3. The van der Waals surface area contributed by atoms with Gasteiger partial charge >= 0.3 is 0 Å². The number of fused-ring (bicyclic) bond motifs is 5. The average Bonchev–Trinajstić information content (AvgIpc) is 0.712. The van der Waals surface area contributed by atoms with Gasteiger partial charge in [0, 0.05) is 87.2 Å². The fourth-order valence-corrected chi connectivity index (χ4v) is 15.0. The lowest BCUT2D eigenvalue weighted by Gasteiger charge is -2.59. The van der Waals surface area contributed by atoms with Crippen molar-refractivity contribution in [3.63, 3.8) is 0 Å². The van der Waals surface area contributed by atoms with Crippen LogP contribution in [0.2, 0.25) is 0 Å². The summed E-state index contributed by atoms with van der Waals surface area (Å²) in [5, 5.41) is 51.4. The molecule has 2 bridgehead atoms. The Morgan fingerprint density at radius 2 is 0.845 bits per heavy atom. The maximum absolute atomic E-state index is 12.5. The summed E-state index contributed by atoms with van der Waals surface area (Å²) in [6.45, 7) is 42.3. The second kappa shape index (κ2) is 37.4. The van der Waals surface area contributed by atoms with E-state index >= 15 is 0 Å². The second-order valence-corrected chi connectivity index (χ2v) is 33.6. The summed E-state index contributed by atoms with van der Waals surface area (Å²) in [7, 11) is 3.36. The van der Waals surface area contributed by atoms with Gasteiger partial charge in [0.15, 0.2) is 0 Å². The van der Waals surface area contributed by atoms with E-state index in [1.54, 1.807) is 38.5 Å². The molecule has 4 saturated carbocycles. The number of aryl methyl sites for hydroxylation is 2. The molecule has 566 valence electrons. The van der Waals surface area contributed by atoms with Crippen molar-refractivity contribution in [1.82, 2.24) is 0 Å². The van der Waals surface area contributed by atoms with Crippen molar-refractivity contribution >= 4 is 17.9 Å². The van der Waals surface area contributed by atoms with Crippen LogP contribution in [0.1, 0.15) is 296 Å². The minimum absolute atomic E-state index is 0.0428. The van der Waals surface area contributed by atoms with Crippen molar-refractivity contribution in [2.45, 2.75) is 292 Å². The van der Waals surface area contributed by atoms with E-state index in [4.69, 9.17) is 14.2 Å². The number of ether oxygens (including phenoxy) is 3. The SMILES string of the molecule is CCCC/C=C\C(C)(C)c1cc(C)cc(OC)c1.CCCC/C=C\C(C)(C)c1cc(O)c([C@@H]2CC(=O)[C@@H]3C[C@H]2C3(C)C)c(O)c1.CCCC/C=C\C(C)(C)c1cc(O)c2c(c1)OC(C)(C)[C@@H]1CCC(=O)C[C@@H]21.CCCC/C=C\C(C)(C)c1cc(O)cc(O)c1.COc1cc(C)cc(C(C)(C)C=O)c1. The number of hydrogen-bond acceptors (Lipinski definition) is 11. The Labute approximate surface area is 621 Å². The van der Waals surface area contributed by atoms with Gasteiger partial charge in [-0.3, -0.25) is 9.59 Å². The number of hydrogen-bond donors (Lipinski definition) is 5. The molecule has 5 atom stereocenters. The van der Waals surface area contributed by atoms with Crippen molar-refractivity contribution in [2.75, 3.05) is 14.2 Å². The standard InChI is InChI=1S/2C24H34O3.C17H26O.C15H22O2.C12H16O2/c1-6-7-8-9-12-23(2,3)16-13-20(26)22-18-15-17(25)10-11-19(18)24(4,5)27-21(22)14-16;1-6-7-8-9-10-23(2,3)15-11-20(26)22(21(27)12-15)16-13-19(25)18-14-17(16)24(18,4)5;1-6-7-8-9-10-17(3,4)15-11-14(2)12-16(13-15)18-5;1-4-5-6-7-8-15(2,3)12-9-13(16)11-14(17)10-12;1-9-5-10(12(2,3)8-13)7-11(6-9)14-4/h9,12-14,18-19,26H,6-8,10-11,15H2,1-5H3;9-12,16-18,26-27H,6-8,13-14H2,1-5H3;9-13H,6-8H2,1-5H3;7-11,16-17H,4-6H2,1-3H3;5-8H,1-4H3/b12-9-;2*10-9-;8-7-;/t18-,19-;16-,17-,18+;;;/m11.../s1. The summed E-state index contributed by atoms with van der Waals surface area (Å²) in [6.07, 6.45) is 35.9. The number of carbonyl (C=O) groups excluding carboxylic acids is 3. The number of rotatable bonds is 25. The molecular formula is C92H132O11. The summed E-state index contributed by atoms with van der Waals surface area (Å²) in [5.74, 6) is 4.52. The summed E-state index contributed by atoms with van der Waals surface area (Å²) in [4.78, 5) is 35.5. The number of methoxy groups -OCH3 is 2. The summed E-state index contributed by atoms with van der Waals surface area (Å²) in [5.41, 5.74) is 7.52. The lowest BCUT2D eigenvalue weighted by molar-refractivity contribution is -0.151. The van der Waals surface area contributed by atoms with Gasteiger partial charge in [-0.25, -0.2) is 0 Å². The summed E-state index contributed by atoms with van der Waals surface area (Å²) in [6, 6.07) is 24.6. The molecule has 5 aliphatic rings. The Hall–Kier alpha value is -7.53. The molecule has 4 aliphatic carbocycles. The van der Waals surface area contributed by atoms with Gasteiger partial charge in [0.25, 0.3) is 0 Å². The first-order valence-corrected chi connectivity index (χ1v) is 38.4. The maximum atomic E-state index is 12.5. The summed E-state index contributed by atoms with van der Waals surface area (Å²) >= 11 is 0. The first-order chi connectivity index (χ1) is 48.2. The Morgan fingerprint density at radius 1 is 0.476 bits per heavy atom. The van der Waals surface area contributed by atoms with Crippen LogP contribution in [-0.4, -0.2) is 63.2 Å². The number of aromatic hydroxyl groups is 5. The molecule has 0 aromatic heterocycles. The third-order valence-electron chi connectivity index (χ3n) is 22.1. The molecule has 0 saturated heterocycles. The number of unbranched alkanes of at least 4 members (excludes halogenated alkanes) is 8. The van der Waals surface area contributed by atoms with E-state index in [0.29, 0.717) is 36.5 Å². The fraction of sp³-hybridized carbons (Fsp3) is 0.554. The van der Waals surface area contributed by atoms with E-state index in [0.717, 1.165) is 95.4 Å². The first-order valence-electron chi connectivity index (χ1n) is 38.4. The predicted molar refractivity (Wildman–Crippen MR) is 427 cm³/mol. The van der Waals surface area contributed by atoms with E-state index in [9.17, 15) is 39.9 Å². The molecule has 0 spiro atoms. The van der Waals surface area contributed by atoms with Crippen molar-refractivity contribution in [3.8, 4) is 46.0 Å². The van der Waals surface area contributed by atoms with E-state index < -0.39 is 5.41 Å². The zero-order chi connectivity index (χ0) is 77.1. The Morgan fingerprint density at radius 3 is 1.22 bits per heavy atom. The molecule has 4 fully saturated rings. The smallest absolute Gasteiger partial charge is 0.137 e. The maximum Gasteiger partial charge on any atom is 0.137 e. The number of aldehydes is 1. The highest BCUT2D eigenvalue weighted by molar-refractivity contribution is 5.86. The van der Waals surface area contributed by atoms with Crippen LogP contribution in [-0.2, 0) is 41.5 Å². The van der Waals surface area contributed by atoms with Crippen molar-refractivity contribution in [3.05, 3.63) is 178 Å². The normalized spacial score (nSPS) is 19.1. The van der Waals surface area contributed by atoms with Gasteiger partial charge in [-0.15, -0.1) is 0 Å². The van der Waals surface area contributed by atoms with Gasteiger partial charge in [0.2, 0.25) is 0 Å². The molecule has 5 N–H and O–H groups in total. The molecule has 0 unspecified atom stereocenters. The molecule has 5 aromatic carbocycles. The second-order valence-electron chi connectivity index (χ2n) is 33.6. The quantitative estimate of drug-likeness (QED) is 0.0213. The molecule has 103 heavy (non-hydrogen) atoms. The minimum Gasteiger partial charge on any atom is -0.508 e. The first kappa shape index (κ1) is 86.1. The highest BCUT2D eigenvalue weighted by atomic mass is 16.5. The van der Waals surface area contributed by atoms with Crippen molar-refractivity contribution in [1.29, 1.82) is 0 Å². The van der Waals surface area contributed by atoms with Gasteiger partial charge in [0.1, 0.15) is 69.4 Å². The number of phenolic OH excluding ortho intramolecular Hbond substituents is 5. The number of benzene rings is 5. The van der Waals surface area contributed by atoms with Crippen LogP contribution in [0.3, 0.4) is 0 Å². The van der Waals surface area contributed by atoms with Gasteiger partial charge in [0.05, 0.1) is 14.2 Å². The van der Waals surface area contributed by atoms with Crippen molar-refractivity contribution in [2.24, 2.45) is 23.2 Å². The monoisotopic (exact) mass is 1410 g/mol. The molecule has 10 rings (SSSR count). The molecule has 1 heterocycles. The van der Waals surface area contributed by atoms with Crippen LogP contribution in [0.25, 0.3) is 0 Å². The van der Waals surface area contributed by atoms with E-state index in [1.165, 1.54) is 68.6 Å². The Balaban J connectivity index is 0.000000237. The van der Waals surface area contributed by atoms with E-state index in [-0.39, 0.29) is 90.9 Å². The fourth-order valence-electron chi connectivity index (χ4n) is 15.0. The van der Waals surface area contributed by atoms with Crippen LogP contribution in [0, 0.1) is 37.0 Å². The van der Waals surface area contributed by atoms with Crippen molar-refractivity contribution < 1.29 is 54.1 Å². The third-order valence-corrected chi connectivity index (χ3v) is 22.1. The van der Waals surface area contributed by atoms with Gasteiger partial charge in [-0.2, -0.15) is 0 Å². The Kier molecular flexibility index (Phi) is 31.3. The van der Waals surface area contributed by atoms with Crippen LogP contribution >= 0.6 is 0 Å². The Bertz CT molecular complexity index is 3690. The predicted octanol–water partition coefficient (Wildman–Crippen LogP) is 23.5. The molecule has 0 amide bonds. The zero-order valence-electron chi connectivity index (χ0n) is 67.3. The van der Waals surface area contributed by atoms with Crippen LogP contribution < -0.4 is 14.2 Å². The molecule has 11 heteroatoms. The lowest BCUT2D eigenvalue weighted by atomic mass is 9.44. The van der Waals surface area contributed by atoms with Crippen LogP contribution in [0.4, 0.5) is 0 Å². The van der Waals surface area contributed by atoms with Gasteiger partial charge in [-0.05, 0) is 191 Å². The molecule has 11 nitrogen and oxygen atoms in total. The van der Waals surface area contributed by atoms with Gasteiger partial charge < -0.3 is 44.5 Å². The van der Waals surface area contributed by atoms with Crippen LogP contribution in [0.5, 0.6) is 46.0 Å². The highest BCUT2D eigenvalue weighted by Crippen LogP contribution is 2.64. The summed E-state index contributed by atoms with van der Waals surface area (Å²) < 4.78 is 16.9. The number of phenols is 5.